The summed E-state index contributed by atoms with van der Waals surface area (Å²) in [7, 11) is 0. The van der Waals surface area contributed by atoms with Gasteiger partial charge in [0.25, 0.3) is 11.8 Å². The molecule has 29 heavy (non-hydrogen) atoms. The number of benzene rings is 2. The minimum atomic E-state index is -0.169. The second-order valence-electron chi connectivity index (χ2n) is 7.44. The number of hydrogen-bond acceptors (Lipinski definition) is 4. The van der Waals surface area contributed by atoms with Crippen LogP contribution in [0.5, 0.6) is 11.5 Å². The predicted octanol–water partition coefficient (Wildman–Crippen LogP) is 0.461. The van der Waals surface area contributed by atoms with Gasteiger partial charge in [0.1, 0.15) is 0 Å². The molecule has 2 N–H and O–H groups in total. The molecule has 2 aliphatic rings. The van der Waals surface area contributed by atoms with Crippen LogP contribution in [0.25, 0.3) is 0 Å². The summed E-state index contributed by atoms with van der Waals surface area (Å²) in [5, 5.41) is 3.01. The minimum absolute atomic E-state index is 0.0144. The van der Waals surface area contributed by atoms with Gasteiger partial charge in [-0.1, -0.05) is 24.3 Å². The summed E-state index contributed by atoms with van der Waals surface area (Å²) < 4.78 is 10.7. The first-order valence-corrected chi connectivity index (χ1v) is 9.97. The molecule has 2 heterocycles. The summed E-state index contributed by atoms with van der Waals surface area (Å²) in [5.41, 5.74) is 1.69. The van der Waals surface area contributed by atoms with Gasteiger partial charge in [0, 0.05) is 12.1 Å². The number of nitrogens with zero attached hydrogens (tertiary/aromatic N) is 1. The van der Waals surface area contributed by atoms with Gasteiger partial charge in [0.05, 0.1) is 26.2 Å². The fourth-order valence-electron chi connectivity index (χ4n) is 3.77. The zero-order valence-corrected chi connectivity index (χ0v) is 16.5. The predicted molar refractivity (Wildman–Crippen MR) is 107 cm³/mol. The molecule has 2 amide bonds. The minimum Gasteiger partial charge on any atom is -0.454 e. The average molecular weight is 396 g/mol. The SMILES string of the molecule is C[C@H](C(=O)NCc1ccc2c(c1)OCO2)[NH+]1CCN(C(=O)c2ccccc2)CC1. The molecule has 0 bridgehead atoms. The molecule has 0 spiro atoms. The van der Waals surface area contributed by atoms with Gasteiger partial charge < -0.3 is 24.6 Å². The lowest BCUT2D eigenvalue weighted by molar-refractivity contribution is -0.917. The largest absolute Gasteiger partial charge is 0.454 e. The Hall–Kier alpha value is -3.06. The summed E-state index contributed by atoms with van der Waals surface area (Å²) in [6.07, 6.45) is 0. The van der Waals surface area contributed by atoms with Crippen LogP contribution in [0.4, 0.5) is 0 Å². The Labute approximate surface area is 170 Å². The van der Waals surface area contributed by atoms with Crippen LogP contribution in [0.1, 0.15) is 22.8 Å². The quantitative estimate of drug-likeness (QED) is 0.770. The van der Waals surface area contributed by atoms with Crippen LogP contribution >= 0.6 is 0 Å². The number of carbonyl (C=O) groups is 2. The monoisotopic (exact) mass is 396 g/mol. The molecule has 2 aromatic carbocycles. The maximum atomic E-state index is 12.6. The first-order valence-electron chi connectivity index (χ1n) is 9.97. The van der Waals surface area contributed by atoms with Crippen molar-refractivity contribution >= 4 is 11.8 Å². The molecular formula is C22H26N3O4+. The summed E-state index contributed by atoms with van der Waals surface area (Å²) in [6, 6.07) is 14.9. The first kappa shape index (κ1) is 19.3. The van der Waals surface area contributed by atoms with E-state index in [2.05, 4.69) is 5.32 Å². The van der Waals surface area contributed by atoms with Crippen LogP contribution < -0.4 is 19.7 Å². The van der Waals surface area contributed by atoms with Crippen molar-refractivity contribution in [3.8, 4) is 11.5 Å². The van der Waals surface area contributed by atoms with E-state index in [1.54, 1.807) is 0 Å². The molecule has 7 heteroatoms. The van der Waals surface area contributed by atoms with Crippen LogP contribution in [0.2, 0.25) is 0 Å². The summed E-state index contributed by atoms with van der Waals surface area (Å²) >= 11 is 0. The highest BCUT2D eigenvalue weighted by Crippen LogP contribution is 2.32. The van der Waals surface area contributed by atoms with Crippen molar-refractivity contribution < 1.29 is 24.0 Å². The fraction of sp³-hybridized carbons (Fsp3) is 0.364. The average Bonchev–Trinajstić information content (AvgIpc) is 3.25. The third kappa shape index (κ3) is 4.35. The number of nitrogens with one attached hydrogen (secondary N) is 2. The zero-order valence-electron chi connectivity index (χ0n) is 16.5. The maximum absolute atomic E-state index is 12.6. The van der Waals surface area contributed by atoms with Crippen molar-refractivity contribution in [1.82, 2.24) is 10.2 Å². The molecule has 0 radical (unpaired) electrons. The number of ether oxygens (including phenoxy) is 2. The normalized spacial score (nSPS) is 17.1. The lowest BCUT2D eigenvalue weighted by Gasteiger charge is -2.34. The Bertz CT molecular complexity index is 879. The number of piperazine rings is 1. The lowest BCUT2D eigenvalue weighted by atomic mass is 10.1. The number of amides is 2. The van der Waals surface area contributed by atoms with Crippen molar-refractivity contribution in [2.24, 2.45) is 0 Å². The van der Waals surface area contributed by atoms with Crippen molar-refractivity contribution in [1.29, 1.82) is 0 Å². The van der Waals surface area contributed by atoms with Crippen LogP contribution in [-0.4, -0.2) is 55.7 Å². The van der Waals surface area contributed by atoms with Gasteiger partial charge in [-0.2, -0.15) is 0 Å². The molecule has 2 aliphatic heterocycles. The molecule has 4 rings (SSSR count). The molecule has 0 aromatic heterocycles. The van der Waals surface area contributed by atoms with E-state index < -0.39 is 0 Å². The summed E-state index contributed by atoms with van der Waals surface area (Å²) in [4.78, 5) is 28.3. The van der Waals surface area contributed by atoms with E-state index in [0.29, 0.717) is 25.2 Å². The highest BCUT2D eigenvalue weighted by Gasteiger charge is 2.31. The fourth-order valence-corrected chi connectivity index (χ4v) is 3.77. The molecule has 0 unspecified atom stereocenters. The second kappa shape index (κ2) is 8.53. The van der Waals surface area contributed by atoms with Gasteiger partial charge in [0.2, 0.25) is 6.79 Å². The van der Waals surface area contributed by atoms with Gasteiger partial charge in [-0.25, -0.2) is 0 Å². The van der Waals surface area contributed by atoms with E-state index in [9.17, 15) is 9.59 Å². The van der Waals surface area contributed by atoms with E-state index in [-0.39, 0.29) is 24.6 Å². The Balaban J connectivity index is 1.26. The van der Waals surface area contributed by atoms with Gasteiger partial charge in [-0.15, -0.1) is 0 Å². The topological polar surface area (TPSA) is 72.3 Å². The van der Waals surface area contributed by atoms with Gasteiger partial charge in [0.15, 0.2) is 17.5 Å². The van der Waals surface area contributed by atoms with Gasteiger partial charge in [-0.05, 0) is 36.8 Å². The van der Waals surface area contributed by atoms with E-state index in [1.165, 1.54) is 4.90 Å². The molecule has 1 fully saturated rings. The molecular weight excluding hydrogens is 370 g/mol. The lowest BCUT2D eigenvalue weighted by Crippen LogP contribution is -3.19. The number of carbonyl (C=O) groups excluding carboxylic acids is 2. The Morgan fingerprint density at radius 3 is 2.55 bits per heavy atom. The van der Waals surface area contributed by atoms with Crippen molar-refractivity contribution in [2.45, 2.75) is 19.5 Å². The number of fused-ring (bicyclic) bond motifs is 1. The van der Waals surface area contributed by atoms with E-state index >= 15 is 0 Å². The van der Waals surface area contributed by atoms with Crippen molar-refractivity contribution in [2.75, 3.05) is 33.0 Å². The van der Waals surface area contributed by atoms with Crippen LogP contribution in [0.15, 0.2) is 48.5 Å². The van der Waals surface area contributed by atoms with Crippen LogP contribution in [-0.2, 0) is 11.3 Å². The Kier molecular flexibility index (Phi) is 5.67. The van der Waals surface area contributed by atoms with Crippen LogP contribution in [0, 0.1) is 0 Å². The highest BCUT2D eigenvalue weighted by atomic mass is 16.7. The molecule has 1 saturated heterocycles. The molecule has 0 aliphatic carbocycles. The van der Waals surface area contributed by atoms with Crippen molar-refractivity contribution in [3.05, 3.63) is 59.7 Å². The molecule has 152 valence electrons. The highest BCUT2D eigenvalue weighted by molar-refractivity contribution is 5.94. The molecule has 0 saturated carbocycles. The number of quaternary nitrogens is 1. The van der Waals surface area contributed by atoms with Gasteiger partial charge in [-0.3, -0.25) is 9.59 Å². The van der Waals surface area contributed by atoms with E-state index in [0.717, 1.165) is 30.2 Å². The zero-order chi connectivity index (χ0) is 20.2. The molecule has 2 aromatic rings. The second-order valence-corrected chi connectivity index (χ2v) is 7.44. The summed E-state index contributed by atoms with van der Waals surface area (Å²) in [5.74, 6) is 1.53. The number of rotatable bonds is 5. The standard InChI is InChI=1S/C22H25N3O4/c1-16(21(26)23-14-17-7-8-19-20(13-17)29-15-28-19)24-9-11-25(12-10-24)22(27)18-5-3-2-4-6-18/h2-8,13,16H,9-12,14-15H2,1H3,(H,23,26)/p+1/t16-/m1/s1. The first-order chi connectivity index (χ1) is 14.1. The van der Waals surface area contributed by atoms with E-state index in [4.69, 9.17) is 9.47 Å². The third-order valence-electron chi connectivity index (χ3n) is 5.62. The smallest absolute Gasteiger partial charge is 0.278 e. The third-order valence-corrected chi connectivity index (χ3v) is 5.62. The van der Waals surface area contributed by atoms with Gasteiger partial charge >= 0.3 is 0 Å². The van der Waals surface area contributed by atoms with Crippen molar-refractivity contribution in [3.63, 3.8) is 0 Å². The van der Waals surface area contributed by atoms with Crippen LogP contribution in [0.3, 0.4) is 0 Å². The number of hydrogen-bond donors (Lipinski definition) is 2. The van der Waals surface area contributed by atoms with E-state index in [1.807, 2.05) is 60.4 Å². The summed E-state index contributed by atoms with van der Waals surface area (Å²) in [6.45, 7) is 5.47. The molecule has 1 atom stereocenters. The Morgan fingerprint density at radius 1 is 1.07 bits per heavy atom. The maximum Gasteiger partial charge on any atom is 0.278 e. The molecule has 7 nitrogen and oxygen atoms in total. The Morgan fingerprint density at radius 2 is 1.79 bits per heavy atom.